The minimum absolute atomic E-state index is 0.0506. The molecule has 0 rings (SSSR count). The summed E-state index contributed by atoms with van der Waals surface area (Å²) in [6.45, 7) is 4.69. The third kappa shape index (κ3) is 55.3. The molecule has 0 aliphatic rings. The lowest BCUT2D eigenvalue weighted by Crippen LogP contribution is -2.45. The molecule has 0 aliphatic heterocycles. The molecule has 3 N–H and O–H groups in total. The van der Waals surface area contributed by atoms with Gasteiger partial charge >= 0.3 is 7.82 Å². The van der Waals surface area contributed by atoms with Crippen LogP contribution in [0.15, 0.2) is 85.1 Å². The molecule has 0 spiro atoms. The largest absolute Gasteiger partial charge is 0.472 e. The molecule has 412 valence electrons. The second-order valence-electron chi connectivity index (χ2n) is 21.0. The number of amides is 1. The number of quaternary nitrogens is 1. The minimum atomic E-state index is -4.36. The molecule has 0 saturated carbocycles. The third-order valence-corrected chi connectivity index (χ3v) is 13.8. The lowest BCUT2D eigenvalue weighted by atomic mass is 10.0. The van der Waals surface area contributed by atoms with Gasteiger partial charge in [-0.1, -0.05) is 247 Å². The van der Waals surface area contributed by atoms with E-state index in [1.807, 2.05) is 27.2 Å². The van der Waals surface area contributed by atoms with E-state index in [9.17, 15) is 19.4 Å². The molecule has 0 aromatic rings. The molecule has 0 heterocycles. The van der Waals surface area contributed by atoms with Gasteiger partial charge in [0.15, 0.2) is 0 Å². The minimum Gasteiger partial charge on any atom is -0.387 e. The van der Waals surface area contributed by atoms with Gasteiger partial charge in [0, 0.05) is 6.42 Å². The first-order valence-electron chi connectivity index (χ1n) is 29.5. The van der Waals surface area contributed by atoms with Gasteiger partial charge in [0.05, 0.1) is 39.9 Å². The maximum atomic E-state index is 13.0. The molecular formula is C62H114N2O6P+. The second kappa shape index (κ2) is 52.5. The van der Waals surface area contributed by atoms with Crippen LogP contribution in [0, 0.1) is 0 Å². The standard InChI is InChI=1S/C62H113N2O6P/c1-6-8-10-12-14-16-18-20-22-24-26-28-30-31-32-33-34-36-38-40-42-44-46-48-50-52-54-56-62(66)63-60(59-70-71(67,68)69-58-57-64(3,4)5)61(65)55-53-51-49-47-45-43-41-39-37-35-29-27-25-23-21-19-17-15-13-11-9-7-2/h8,10,14,16,20,22,26,28,37,39,45,47,53,55,60-61,65H,6-7,9,11-13,15,17-19,21,23-25,27,29-36,38,40-44,46,48-52,54,56-59H2,1-5H3,(H-,63,66,67,68)/p+1/b10-8-,16-14-,22-20-,28-26-,39-37+,47-45+,55-53+. The Balaban J connectivity index is 4.26. The molecule has 0 aromatic carbocycles. The highest BCUT2D eigenvalue weighted by molar-refractivity contribution is 7.47. The fourth-order valence-electron chi connectivity index (χ4n) is 8.24. The van der Waals surface area contributed by atoms with Crippen molar-refractivity contribution in [3.63, 3.8) is 0 Å². The number of nitrogens with zero attached hydrogens (tertiary/aromatic N) is 1. The van der Waals surface area contributed by atoms with Crippen molar-refractivity contribution in [3.05, 3.63) is 85.1 Å². The number of hydrogen-bond donors (Lipinski definition) is 3. The van der Waals surface area contributed by atoms with Crippen molar-refractivity contribution >= 4 is 13.7 Å². The third-order valence-electron chi connectivity index (χ3n) is 12.8. The van der Waals surface area contributed by atoms with E-state index in [1.165, 1.54) is 161 Å². The lowest BCUT2D eigenvalue weighted by Gasteiger charge is -2.25. The van der Waals surface area contributed by atoms with Crippen molar-refractivity contribution in [1.29, 1.82) is 0 Å². The van der Waals surface area contributed by atoms with Gasteiger partial charge in [-0.05, 0) is 83.5 Å². The molecule has 0 aromatic heterocycles. The number of unbranched alkanes of at least 4 members (excludes halogenated alkanes) is 28. The van der Waals surface area contributed by atoms with Crippen LogP contribution in [0.3, 0.4) is 0 Å². The Hall–Kier alpha value is -2.32. The first-order valence-corrected chi connectivity index (χ1v) is 31.0. The van der Waals surface area contributed by atoms with E-state index in [4.69, 9.17) is 9.05 Å². The van der Waals surface area contributed by atoms with E-state index in [1.54, 1.807) is 6.08 Å². The Kier molecular flexibility index (Phi) is 50.8. The number of carbonyl (C=O) groups excluding carboxylic acids is 1. The van der Waals surface area contributed by atoms with E-state index >= 15 is 0 Å². The highest BCUT2D eigenvalue weighted by Crippen LogP contribution is 2.43. The molecule has 71 heavy (non-hydrogen) atoms. The number of likely N-dealkylation sites (N-methyl/N-ethyl adjacent to an activating group) is 1. The van der Waals surface area contributed by atoms with Crippen LogP contribution in [-0.4, -0.2) is 73.4 Å². The average molecular weight is 1010 g/mol. The smallest absolute Gasteiger partial charge is 0.387 e. The number of rotatable bonds is 53. The second-order valence-corrected chi connectivity index (χ2v) is 22.4. The van der Waals surface area contributed by atoms with Gasteiger partial charge in [0.1, 0.15) is 13.2 Å². The Morgan fingerprint density at radius 2 is 0.859 bits per heavy atom. The monoisotopic (exact) mass is 1010 g/mol. The number of carbonyl (C=O) groups is 1. The summed E-state index contributed by atoms with van der Waals surface area (Å²) in [6, 6.07) is -0.875. The van der Waals surface area contributed by atoms with E-state index < -0.39 is 20.0 Å². The van der Waals surface area contributed by atoms with Gasteiger partial charge in [-0.15, -0.1) is 0 Å². The van der Waals surface area contributed by atoms with Gasteiger partial charge in [0.2, 0.25) is 5.91 Å². The summed E-state index contributed by atoms with van der Waals surface area (Å²) in [4.78, 5) is 23.3. The van der Waals surface area contributed by atoms with Crippen LogP contribution in [0.25, 0.3) is 0 Å². The molecule has 3 unspecified atom stereocenters. The fraction of sp³-hybridized carbons (Fsp3) is 0.758. The summed E-state index contributed by atoms with van der Waals surface area (Å²) in [5, 5.41) is 13.9. The van der Waals surface area contributed by atoms with Gasteiger partial charge < -0.3 is 19.8 Å². The van der Waals surface area contributed by atoms with E-state index in [-0.39, 0.29) is 19.1 Å². The normalized spacial score (nSPS) is 14.5. The van der Waals surface area contributed by atoms with Crippen LogP contribution in [0.2, 0.25) is 0 Å². The van der Waals surface area contributed by atoms with E-state index in [0.717, 1.165) is 70.6 Å². The Labute approximate surface area is 439 Å². The molecule has 8 nitrogen and oxygen atoms in total. The number of phosphoric ester groups is 1. The molecule has 0 fully saturated rings. The summed E-state index contributed by atoms with van der Waals surface area (Å²) < 4.78 is 23.7. The maximum Gasteiger partial charge on any atom is 0.472 e. The van der Waals surface area contributed by atoms with Crippen LogP contribution in [0.1, 0.15) is 251 Å². The van der Waals surface area contributed by atoms with Crippen molar-refractivity contribution in [1.82, 2.24) is 5.32 Å². The number of nitrogens with one attached hydrogen (secondary N) is 1. The van der Waals surface area contributed by atoms with Crippen LogP contribution < -0.4 is 5.32 Å². The molecule has 0 radical (unpaired) electrons. The predicted octanol–water partition coefficient (Wildman–Crippen LogP) is 18.0. The zero-order valence-corrected chi connectivity index (χ0v) is 47.8. The SMILES string of the molecule is CC/C=C\C/C=C\C/C=C\C/C=C\CCCCCCCCCCCCCCCCC(=O)NC(COP(=O)(O)OCC[N+](C)(C)C)C(O)/C=C/CC/C=C/CC/C=C/CCCCCCCCCCCCCC. The number of allylic oxidation sites excluding steroid dienone is 13. The van der Waals surface area contributed by atoms with Crippen LogP contribution in [-0.2, 0) is 18.4 Å². The van der Waals surface area contributed by atoms with Crippen LogP contribution in [0.5, 0.6) is 0 Å². The van der Waals surface area contributed by atoms with Crippen LogP contribution >= 0.6 is 7.82 Å². The first kappa shape index (κ1) is 68.7. The van der Waals surface area contributed by atoms with Crippen molar-refractivity contribution in [2.75, 3.05) is 40.9 Å². The summed E-state index contributed by atoms with van der Waals surface area (Å²) in [7, 11) is 1.54. The number of aliphatic hydroxyl groups is 1. The van der Waals surface area contributed by atoms with E-state index in [0.29, 0.717) is 17.4 Å². The quantitative estimate of drug-likeness (QED) is 0.0243. The summed E-state index contributed by atoms with van der Waals surface area (Å²) in [5.41, 5.74) is 0. The van der Waals surface area contributed by atoms with Gasteiger partial charge in [-0.25, -0.2) is 4.57 Å². The van der Waals surface area contributed by atoms with Gasteiger partial charge in [0.25, 0.3) is 0 Å². The molecular weight excluding hydrogens is 900 g/mol. The Morgan fingerprint density at radius 3 is 1.30 bits per heavy atom. The molecule has 0 aliphatic carbocycles. The zero-order valence-electron chi connectivity index (χ0n) is 46.9. The summed E-state index contributed by atoms with van der Waals surface area (Å²) in [5.74, 6) is -0.193. The topological polar surface area (TPSA) is 105 Å². The zero-order chi connectivity index (χ0) is 52.0. The van der Waals surface area contributed by atoms with Gasteiger partial charge in [-0.2, -0.15) is 0 Å². The fourth-order valence-corrected chi connectivity index (χ4v) is 8.98. The Morgan fingerprint density at radius 1 is 0.493 bits per heavy atom. The van der Waals surface area contributed by atoms with Crippen molar-refractivity contribution in [2.24, 2.45) is 0 Å². The average Bonchev–Trinajstić information content (AvgIpc) is 3.33. The van der Waals surface area contributed by atoms with Gasteiger partial charge in [-0.3, -0.25) is 13.8 Å². The number of phosphoric acid groups is 1. The predicted molar refractivity (Wildman–Crippen MR) is 309 cm³/mol. The molecule has 1 amide bonds. The molecule has 3 atom stereocenters. The van der Waals surface area contributed by atoms with Crippen molar-refractivity contribution < 1.29 is 32.9 Å². The first-order chi connectivity index (χ1) is 34.5. The van der Waals surface area contributed by atoms with Crippen molar-refractivity contribution in [2.45, 2.75) is 264 Å². The highest BCUT2D eigenvalue weighted by atomic mass is 31.2. The molecule has 0 bridgehead atoms. The molecule has 9 heteroatoms. The number of aliphatic hydroxyl groups excluding tert-OH is 1. The van der Waals surface area contributed by atoms with Crippen LogP contribution in [0.4, 0.5) is 0 Å². The summed E-state index contributed by atoms with van der Waals surface area (Å²) >= 11 is 0. The molecule has 0 saturated heterocycles. The van der Waals surface area contributed by atoms with E-state index in [2.05, 4.69) is 92.1 Å². The number of hydrogen-bond acceptors (Lipinski definition) is 5. The Bertz CT molecular complexity index is 1430. The maximum absolute atomic E-state index is 13.0. The van der Waals surface area contributed by atoms with Crippen molar-refractivity contribution in [3.8, 4) is 0 Å². The summed E-state index contributed by atoms with van der Waals surface area (Å²) in [6.07, 6.45) is 74.0. The lowest BCUT2D eigenvalue weighted by molar-refractivity contribution is -0.870. The highest BCUT2D eigenvalue weighted by Gasteiger charge is 2.27.